The van der Waals surface area contributed by atoms with Gasteiger partial charge in [0.25, 0.3) is 0 Å². The molecule has 0 N–H and O–H groups in total. The van der Waals surface area contributed by atoms with Crippen LogP contribution in [0.2, 0.25) is 0 Å². The third-order valence-electron chi connectivity index (χ3n) is 8.66. The average molecular weight is 495 g/mol. The van der Waals surface area contributed by atoms with Gasteiger partial charge in [0.15, 0.2) is 0 Å². The molecule has 2 saturated heterocycles. The van der Waals surface area contributed by atoms with Crippen LogP contribution in [0.4, 0.5) is 0 Å². The standard InChI is InChI=1S/C29H42N4O3/c1-6-20-15-19-16-24-28(20)32(18-19)14-9-22-23-17-21(36-27(35)11-13-31(4)5)7-8-25(23)33(29(22)24)26(34)10-12-30(2)3/h7-8,17,19-20,24,28H,6,9-16,18H2,1-5H3/t19-,20-,24+,28?/m0/s1. The molecule has 2 unspecified atom stereocenters. The normalized spacial score (nSPS) is 26.9. The summed E-state index contributed by atoms with van der Waals surface area (Å²) in [5.41, 5.74) is 3.52. The number of hydrogen-bond acceptors (Lipinski definition) is 6. The molecule has 0 radical (unpaired) electrons. The molecule has 1 aromatic heterocycles. The Bertz CT molecular complexity index is 1140. The number of piperidine rings is 2. The van der Waals surface area contributed by atoms with Crippen molar-refractivity contribution in [2.24, 2.45) is 11.8 Å². The van der Waals surface area contributed by atoms with E-state index in [9.17, 15) is 9.59 Å². The van der Waals surface area contributed by atoms with Gasteiger partial charge in [0.05, 0.1) is 11.9 Å². The molecule has 7 nitrogen and oxygen atoms in total. The Labute approximate surface area is 215 Å². The summed E-state index contributed by atoms with van der Waals surface area (Å²) in [5.74, 6) is 2.33. The minimum Gasteiger partial charge on any atom is -0.426 e. The summed E-state index contributed by atoms with van der Waals surface area (Å²) < 4.78 is 7.80. The fourth-order valence-electron chi connectivity index (χ4n) is 7.09. The van der Waals surface area contributed by atoms with Crippen LogP contribution < -0.4 is 4.74 Å². The van der Waals surface area contributed by atoms with Gasteiger partial charge in [-0.2, -0.15) is 0 Å². The van der Waals surface area contributed by atoms with Crippen LogP contribution in [0.15, 0.2) is 18.2 Å². The zero-order chi connectivity index (χ0) is 25.6. The van der Waals surface area contributed by atoms with Gasteiger partial charge >= 0.3 is 5.97 Å². The predicted octanol–water partition coefficient (Wildman–Crippen LogP) is 3.85. The van der Waals surface area contributed by atoms with Crippen molar-refractivity contribution >= 4 is 22.8 Å². The fraction of sp³-hybridized carbons (Fsp3) is 0.655. The maximum absolute atomic E-state index is 13.8. The van der Waals surface area contributed by atoms with Crippen molar-refractivity contribution < 1.29 is 14.3 Å². The Morgan fingerprint density at radius 3 is 2.53 bits per heavy atom. The molecule has 4 heterocycles. The molecular weight excluding hydrogens is 452 g/mol. The smallest absolute Gasteiger partial charge is 0.312 e. The number of hydrogen-bond donors (Lipinski definition) is 0. The summed E-state index contributed by atoms with van der Waals surface area (Å²) in [7, 11) is 7.93. The lowest BCUT2D eigenvalue weighted by Gasteiger charge is -2.53. The highest BCUT2D eigenvalue weighted by atomic mass is 16.5. The first-order chi connectivity index (χ1) is 17.3. The summed E-state index contributed by atoms with van der Waals surface area (Å²) in [6.45, 7) is 5.96. The van der Waals surface area contributed by atoms with Gasteiger partial charge in [-0.15, -0.1) is 0 Å². The SMILES string of the molecule is CC[C@H]1C[C@H]2C[C@H]3c4c(c5cc(OC(=O)CCN(C)C)ccc5n4C(=O)CCN(C)C)CCN(C2)C13. The van der Waals surface area contributed by atoms with Gasteiger partial charge in [-0.25, -0.2) is 0 Å². The number of aromatic nitrogens is 1. The highest BCUT2D eigenvalue weighted by molar-refractivity contribution is 5.97. The second-order valence-electron chi connectivity index (χ2n) is 11.7. The molecule has 36 heavy (non-hydrogen) atoms. The van der Waals surface area contributed by atoms with E-state index in [1.54, 1.807) is 0 Å². The van der Waals surface area contributed by atoms with Gasteiger partial charge in [-0.3, -0.25) is 19.1 Å². The Kier molecular flexibility index (Phi) is 7.25. The van der Waals surface area contributed by atoms with E-state index in [-0.39, 0.29) is 11.9 Å². The Balaban J connectivity index is 1.58. The van der Waals surface area contributed by atoms with Crippen LogP contribution in [0.3, 0.4) is 0 Å². The Hall–Kier alpha value is -2.22. The van der Waals surface area contributed by atoms with E-state index < -0.39 is 0 Å². The lowest BCUT2D eigenvalue weighted by atomic mass is 9.65. The largest absolute Gasteiger partial charge is 0.426 e. The van der Waals surface area contributed by atoms with Crippen molar-refractivity contribution in [2.75, 3.05) is 54.4 Å². The number of nitrogens with zero attached hydrogens (tertiary/aromatic N) is 4. The van der Waals surface area contributed by atoms with E-state index in [0.717, 1.165) is 30.4 Å². The van der Waals surface area contributed by atoms with Crippen LogP contribution in [-0.4, -0.2) is 91.6 Å². The third kappa shape index (κ3) is 4.73. The van der Waals surface area contributed by atoms with Crippen molar-refractivity contribution in [2.45, 2.75) is 57.4 Å². The predicted molar refractivity (Wildman–Crippen MR) is 143 cm³/mol. The molecule has 3 aliphatic heterocycles. The molecule has 0 amide bonds. The monoisotopic (exact) mass is 494 g/mol. The molecule has 7 heteroatoms. The highest BCUT2D eigenvalue weighted by Gasteiger charge is 2.49. The van der Waals surface area contributed by atoms with Crippen molar-refractivity contribution in [1.29, 1.82) is 0 Å². The number of carbonyl (C=O) groups excluding carboxylic acids is 2. The molecule has 196 valence electrons. The Morgan fingerprint density at radius 1 is 1.06 bits per heavy atom. The number of ether oxygens (including phenoxy) is 1. The zero-order valence-electron chi connectivity index (χ0n) is 22.6. The molecule has 1 saturated carbocycles. The molecule has 1 aromatic carbocycles. The molecule has 6 rings (SSSR count). The van der Waals surface area contributed by atoms with Crippen molar-refractivity contribution in [3.8, 4) is 5.75 Å². The van der Waals surface area contributed by atoms with Gasteiger partial charge in [-0.1, -0.05) is 13.3 Å². The fourth-order valence-corrected chi connectivity index (χ4v) is 7.09. The summed E-state index contributed by atoms with van der Waals surface area (Å²) >= 11 is 0. The van der Waals surface area contributed by atoms with Crippen LogP contribution in [0.1, 0.15) is 61.0 Å². The second kappa shape index (κ2) is 10.3. The topological polar surface area (TPSA) is 58.0 Å². The summed E-state index contributed by atoms with van der Waals surface area (Å²) in [5, 5.41) is 1.08. The van der Waals surface area contributed by atoms with E-state index in [0.29, 0.717) is 48.9 Å². The minimum atomic E-state index is -0.222. The molecular formula is C29H42N4O3. The van der Waals surface area contributed by atoms with E-state index in [2.05, 4.69) is 21.3 Å². The van der Waals surface area contributed by atoms with Gasteiger partial charge in [0.1, 0.15) is 5.75 Å². The van der Waals surface area contributed by atoms with Gasteiger partial charge in [-0.05, 0) is 83.1 Å². The lowest BCUT2D eigenvalue weighted by molar-refractivity contribution is -0.134. The first-order valence-electron chi connectivity index (χ1n) is 13.7. The van der Waals surface area contributed by atoms with E-state index in [4.69, 9.17) is 4.74 Å². The van der Waals surface area contributed by atoms with E-state index in [1.807, 2.05) is 51.3 Å². The number of esters is 1. The summed E-state index contributed by atoms with van der Waals surface area (Å²) in [6.07, 6.45) is 5.48. The van der Waals surface area contributed by atoms with Crippen molar-refractivity contribution in [1.82, 2.24) is 19.3 Å². The third-order valence-corrected chi connectivity index (χ3v) is 8.66. The van der Waals surface area contributed by atoms with Crippen LogP contribution in [0, 0.1) is 11.8 Å². The molecule has 4 aliphatic rings. The molecule has 0 spiro atoms. The van der Waals surface area contributed by atoms with Crippen LogP contribution in [-0.2, 0) is 11.2 Å². The Morgan fingerprint density at radius 2 is 1.81 bits per heavy atom. The number of carbonyl (C=O) groups is 2. The average Bonchev–Trinajstić information content (AvgIpc) is 3.12. The zero-order valence-corrected chi connectivity index (χ0v) is 22.6. The molecule has 3 fully saturated rings. The maximum Gasteiger partial charge on any atom is 0.312 e. The number of fused-ring (bicyclic) bond motifs is 4. The van der Waals surface area contributed by atoms with Crippen LogP contribution in [0.5, 0.6) is 5.75 Å². The van der Waals surface area contributed by atoms with Gasteiger partial charge < -0.3 is 14.5 Å². The molecule has 5 atom stereocenters. The molecule has 2 aromatic rings. The first-order valence-corrected chi connectivity index (χ1v) is 13.7. The first kappa shape index (κ1) is 25.4. The van der Waals surface area contributed by atoms with Crippen LogP contribution in [0.25, 0.3) is 10.9 Å². The molecule has 1 aliphatic carbocycles. The molecule has 4 bridgehead atoms. The second-order valence-corrected chi connectivity index (χ2v) is 11.7. The number of rotatable bonds is 8. The van der Waals surface area contributed by atoms with Crippen molar-refractivity contribution in [3.63, 3.8) is 0 Å². The van der Waals surface area contributed by atoms with E-state index >= 15 is 0 Å². The highest BCUT2D eigenvalue weighted by Crippen LogP contribution is 2.52. The lowest BCUT2D eigenvalue weighted by Crippen LogP contribution is -2.56. The van der Waals surface area contributed by atoms with Crippen molar-refractivity contribution in [3.05, 3.63) is 29.5 Å². The van der Waals surface area contributed by atoms with Gasteiger partial charge in [0.2, 0.25) is 5.91 Å². The maximum atomic E-state index is 13.8. The number of benzene rings is 1. The van der Waals surface area contributed by atoms with E-state index in [1.165, 1.54) is 37.1 Å². The van der Waals surface area contributed by atoms with Crippen LogP contribution >= 0.6 is 0 Å². The quantitative estimate of drug-likeness (QED) is 0.410. The van der Waals surface area contributed by atoms with Gasteiger partial charge in [0, 0.05) is 55.6 Å². The summed E-state index contributed by atoms with van der Waals surface area (Å²) in [6, 6.07) is 6.40. The summed E-state index contributed by atoms with van der Waals surface area (Å²) in [4.78, 5) is 33.0. The minimum absolute atomic E-state index is 0.175.